The van der Waals surface area contributed by atoms with E-state index in [1.165, 1.54) is 0 Å². The van der Waals surface area contributed by atoms with E-state index >= 15 is 0 Å². The third-order valence-electron chi connectivity index (χ3n) is 5.92. The van der Waals surface area contributed by atoms with Gasteiger partial charge in [0.15, 0.2) is 0 Å². The molecule has 1 unspecified atom stereocenters. The summed E-state index contributed by atoms with van der Waals surface area (Å²) in [5, 5.41) is 5.62. The Hall–Kier alpha value is -3.63. The molecule has 0 spiro atoms. The molecule has 0 bridgehead atoms. The number of fused-ring (bicyclic) bond motifs is 2. The van der Waals surface area contributed by atoms with Gasteiger partial charge in [0.05, 0.1) is 0 Å². The third kappa shape index (κ3) is 3.97. The number of nitrogens with one attached hydrogen (secondary N) is 1. The highest BCUT2D eigenvalue weighted by molar-refractivity contribution is 6.30. The Morgan fingerprint density at radius 3 is 2.28 bits per heavy atom. The highest BCUT2D eigenvalue weighted by Crippen LogP contribution is 2.27. The first-order chi connectivity index (χ1) is 15.6. The van der Waals surface area contributed by atoms with Crippen LogP contribution >= 0.6 is 11.6 Å². The minimum Gasteiger partial charge on any atom is -0.324 e. The second-order valence-electron chi connectivity index (χ2n) is 7.98. The van der Waals surface area contributed by atoms with Gasteiger partial charge in [-0.3, -0.25) is 9.59 Å². The maximum atomic E-state index is 13.6. The van der Waals surface area contributed by atoms with Crippen molar-refractivity contribution in [2.24, 2.45) is 0 Å². The molecule has 4 nitrogen and oxygen atoms in total. The van der Waals surface area contributed by atoms with Gasteiger partial charge in [-0.1, -0.05) is 66.2 Å². The van der Waals surface area contributed by atoms with Crippen molar-refractivity contribution < 1.29 is 9.59 Å². The van der Waals surface area contributed by atoms with Gasteiger partial charge in [-0.15, -0.1) is 0 Å². The molecule has 158 valence electrons. The highest BCUT2D eigenvalue weighted by atomic mass is 35.5. The first-order valence-electron chi connectivity index (χ1n) is 10.5. The Labute approximate surface area is 191 Å². The van der Waals surface area contributed by atoms with E-state index in [2.05, 4.69) is 5.32 Å². The van der Waals surface area contributed by atoms with Crippen LogP contribution in [0.1, 0.15) is 21.5 Å². The number of hydrogen-bond donors (Lipinski definition) is 1. The van der Waals surface area contributed by atoms with Crippen LogP contribution in [0.4, 0.5) is 5.69 Å². The maximum absolute atomic E-state index is 13.6. The molecule has 1 N–H and O–H groups in total. The second-order valence-corrected chi connectivity index (χ2v) is 8.42. The van der Waals surface area contributed by atoms with Crippen LogP contribution in [0.3, 0.4) is 0 Å². The van der Waals surface area contributed by atoms with Gasteiger partial charge < -0.3 is 10.2 Å². The minimum atomic E-state index is -0.612. The van der Waals surface area contributed by atoms with Crippen LogP contribution in [0.25, 0.3) is 10.8 Å². The molecular formula is C27H21ClN2O2. The third-order valence-corrected chi connectivity index (χ3v) is 6.17. The van der Waals surface area contributed by atoms with Crippen LogP contribution in [0, 0.1) is 0 Å². The molecule has 1 aliphatic rings. The monoisotopic (exact) mass is 440 g/mol. The van der Waals surface area contributed by atoms with Gasteiger partial charge in [-0.2, -0.15) is 0 Å². The van der Waals surface area contributed by atoms with Gasteiger partial charge in [-0.25, -0.2) is 0 Å². The van der Waals surface area contributed by atoms with E-state index in [0.29, 0.717) is 29.2 Å². The fraction of sp³-hybridized carbons (Fsp3) is 0.111. The van der Waals surface area contributed by atoms with E-state index in [1.807, 2.05) is 66.7 Å². The summed E-state index contributed by atoms with van der Waals surface area (Å²) >= 11 is 5.96. The molecule has 0 saturated heterocycles. The SMILES string of the molecule is O=C(Nc1ccc(Cl)cc1)C1Cc2ccccc2CN1C(=O)c1ccc2ccccc2c1. The lowest BCUT2D eigenvalue weighted by Gasteiger charge is -2.36. The van der Waals surface area contributed by atoms with Crippen molar-refractivity contribution in [3.63, 3.8) is 0 Å². The summed E-state index contributed by atoms with van der Waals surface area (Å²) in [6.07, 6.45) is 0.467. The standard InChI is InChI=1S/C27H21ClN2O2/c28-23-11-13-24(14-12-23)29-26(31)25-16-20-7-3-4-8-22(20)17-30(25)27(32)21-10-9-18-5-1-2-6-19(18)15-21/h1-15,25H,16-17H2,(H,29,31). The van der Waals surface area contributed by atoms with Crippen molar-refractivity contribution in [3.05, 3.63) is 113 Å². The molecular weight excluding hydrogens is 420 g/mol. The Morgan fingerprint density at radius 2 is 1.50 bits per heavy atom. The lowest BCUT2D eigenvalue weighted by Crippen LogP contribution is -2.50. The second kappa shape index (κ2) is 8.48. The predicted octanol–water partition coefficient (Wildman–Crippen LogP) is 5.70. The number of benzene rings is 4. The van der Waals surface area contributed by atoms with E-state index in [0.717, 1.165) is 21.9 Å². The number of carbonyl (C=O) groups excluding carboxylic acids is 2. The number of hydrogen-bond acceptors (Lipinski definition) is 2. The molecule has 32 heavy (non-hydrogen) atoms. The predicted molar refractivity (Wildman–Crippen MR) is 128 cm³/mol. The summed E-state index contributed by atoms with van der Waals surface area (Å²) in [5.74, 6) is -0.363. The molecule has 4 aromatic rings. The van der Waals surface area contributed by atoms with E-state index in [1.54, 1.807) is 29.2 Å². The van der Waals surface area contributed by atoms with Crippen LogP contribution < -0.4 is 5.32 Å². The number of nitrogens with zero attached hydrogens (tertiary/aromatic N) is 1. The molecule has 0 radical (unpaired) electrons. The Balaban J connectivity index is 1.48. The zero-order valence-corrected chi connectivity index (χ0v) is 18.0. The number of rotatable bonds is 3. The molecule has 0 aromatic heterocycles. The number of anilines is 1. The van der Waals surface area contributed by atoms with Crippen LogP contribution in [0.5, 0.6) is 0 Å². The molecule has 1 atom stereocenters. The van der Waals surface area contributed by atoms with E-state index < -0.39 is 6.04 Å². The molecule has 2 amide bonds. The molecule has 4 aromatic carbocycles. The smallest absolute Gasteiger partial charge is 0.254 e. The molecule has 1 heterocycles. The summed E-state index contributed by atoms with van der Waals surface area (Å²) in [6, 6.07) is 27.9. The van der Waals surface area contributed by atoms with Crippen LogP contribution in [-0.2, 0) is 17.8 Å². The van der Waals surface area contributed by atoms with Gasteiger partial charge in [0, 0.05) is 29.2 Å². The zero-order chi connectivity index (χ0) is 22.1. The summed E-state index contributed by atoms with van der Waals surface area (Å²) < 4.78 is 0. The molecule has 1 aliphatic heterocycles. The van der Waals surface area contributed by atoms with Gasteiger partial charge >= 0.3 is 0 Å². The van der Waals surface area contributed by atoms with Crippen LogP contribution in [0.2, 0.25) is 5.02 Å². The average molecular weight is 441 g/mol. The fourth-order valence-electron chi connectivity index (χ4n) is 4.22. The summed E-state index contributed by atoms with van der Waals surface area (Å²) in [6.45, 7) is 0.389. The molecule has 5 rings (SSSR count). The Morgan fingerprint density at radius 1 is 0.812 bits per heavy atom. The number of halogens is 1. The average Bonchev–Trinajstić information content (AvgIpc) is 2.84. The van der Waals surface area contributed by atoms with Gasteiger partial charge in [0.2, 0.25) is 5.91 Å². The summed E-state index contributed by atoms with van der Waals surface area (Å²) in [4.78, 5) is 28.6. The number of amides is 2. The van der Waals surface area contributed by atoms with Crippen molar-refractivity contribution in [3.8, 4) is 0 Å². The van der Waals surface area contributed by atoms with Gasteiger partial charge in [0.1, 0.15) is 6.04 Å². The summed E-state index contributed by atoms with van der Waals surface area (Å²) in [5.41, 5.74) is 3.38. The molecule has 5 heteroatoms. The lowest BCUT2D eigenvalue weighted by atomic mass is 9.92. The lowest BCUT2D eigenvalue weighted by molar-refractivity contribution is -0.121. The topological polar surface area (TPSA) is 49.4 Å². The van der Waals surface area contributed by atoms with Crippen LogP contribution in [0.15, 0.2) is 91.0 Å². The van der Waals surface area contributed by atoms with Crippen molar-refractivity contribution in [2.75, 3.05) is 5.32 Å². The zero-order valence-electron chi connectivity index (χ0n) is 17.3. The first-order valence-corrected chi connectivity index (χ1v) is 10.9. The molecule has 0 saturated carbocycles. The van der Waals surface area contributed by atoms with E-state index in [4.69, 9.17) is 11.6 Å². The van der Waals surface area contributed by atoms with Gasteiger partial charge in [0.25, 0.3) is 5.91 Å². The Bertz CT molecular complexity index is 1320. The van der Waals surface area contributed by atoms with Crippen molar-refractivity contribution in [2.45, 2.75) is 19.0 Å². The van der Waals surface area contributed by atoms with Gasteiger partial charge in [-0.05, 0) is 58.3 Å². The summed E-state index contributed by atoms with van der Waals surface area (Å²) in [7, 11) is 0. The largest absolute Gasteiger partial charge is 0.324 e. The van der Waals surface area contributed by atoms with Crippen molar-refractivity contribution in [1.82, 2.24) is 4.90 Å². The van der Waals surface area contributed by atoms with E-state index in [9.17, 15) is 9.59 Å². The van der Waals surface area contributed by atoms with Crippen molar-refractivity contribution >= 4 is 39.9 Å². The fourth-order valence-corrected chi connectivity index (χ4v) is 4.34. The van der Waals surface area contributed by atoms with Crippen LogP contribution in [-0.4, -0.2) is 22.8 Å². The molecule has 0 fully saturated rings. The van der Waals surface area contributed by atoms with E-state index in [-0.39, 0.29) is 11.8 Å². The minimum absolute atomic E-state index is 0.151. The highest BCUT2D eigenvalue weighted by Gasteiger charge is 2.35. The first kappa shape index (κ1) is 20.3. The normalized spacial score (nSPS) is 15.3. The Kier molecular flexibility index (Phi) is 5.38. The maximum Gasteiger partial charge on any atom is 0.254 e. The number of carbonyl (C=O) groups is 2. The quantitative estimate of drug-likeness (QED) is 0.444. The molecule has 0 aliphatic carbocycles. The van der Waals surface area contributed by atoms with Crippen molar-refractivity contribution in [1.29, 1.82) is 0 Å².